The monoisotopic (exact) mass is 261 g/mol. The van der Waals surface area contributed by atoms with Crippen LogP contribution in [0.25, 0.3) is 0 Å². The molecule has 19 heavy (non-hydrogen) atoms. The minimum absolute atomic E-state index is 0.199. The van der Waals surface area contributed by atoms with E-state index in [4.69, 9.17) is 5.11 Å². The lowest BCUT2D eigenvalue weighted by molar-refractivity contribution is 0.0871. The fourth-order valence-electron chi connectivity index (χ4n) is 2.75. The third kappa shape index (κ3) is 4.15. The molecule has 1 N–H and O–H groups in total. The molecule has 0 bridgehead atoms. The van der Waals surface area contributed by atoms with Crippen molar-refractivity contribution < 1.29 is 9.90 Å². The van der Waals surface area contributed by atoms with Gasteiger partial charge < -0.3 is 5.11 Å². The first kappa shape index (κ1) is 14.2. The summed E-state index contributed by atoms with van der Waals surface area (Å²) in [4.78, 5) is 14.4. The molecular formula is C16H23NO2. The zero-order chi connectivity index (χ0) is 13.7. The Kier molecular flexibility index (Phi) is 5.11. The predicted molar refractivity (Wildman–Crippen MR) is 76.4 cm³/mol. The first-order chi connectivity index (χ1) is 9.19. The van der Waals surface area contributed by atoms with Gasteiger partial charge in [-0.2, -0.15) is 0 Å². The van der Waals surface area contributed by atoms with Crippen molar-refractivity contribution in [2.45, 2.75) is 26.2 Å². The number of likely N-dealkylation sites (tertiary alicyclic amines) is 1. The number of hydrogen-bond donors (Lipinski definition) is 1. The fraction of sp³-hybridized carbons (Fsp3) is 0.562. The molecule has 1 aromatic rings. The maximum absolute atomic E-state index is 12.2. The van der Waals surface area contributed by atoms with Gasteiger partial charge in [-0.15, -0.1) is 0 Å². The lowest BCUT2D eigenvalue weighted by atomic mass is 9.95. The van der Waals surface area contributed by atoms with Gasteiger partial charge in [0.15, 0.2) is 5.78 Å². The first-order valence-corrected chi connectivity index (χ1v) is 7.12. The SMILES string of the molecule is Cc1ccc(C(=O)CN2CCCC(CCO)C2)cc1. The summed E-state index contributed by atoms with van der Waals surface area (Å²) in [6.07, 6.45) is 3.16. The standard InChI is InChI=1S/C16H23NO2/c1-13-4-6-15(7-5-13)16(19)12-17-9-2-3-14(11-17)8-10-18/h4-7,14,18H,2-3,8-12H2,1H3. The van der Waals surface area contributed by atoms with E-state index in [-0.39, 0.29) is 12.4 Å². The van der Waals surface area contributed by atoms with Gasteiger partial charge in [-0.25, -0.2) is 0 Å². The molecule has 1 atom stereocenters. The van der Waals surface area contributed by atoms with Crippen molar-refractivity contribution in [2.24, 2.45) is 5.92 Å². The first-order valence-electron chi connectivity index (χ1n) is 7.12. The van der Waals surface area contributed by atoms with Crippen LogP contribution in [0.1, 0.15) is 35.2 Å². The molecule has 1 aliphatic rings. The van der Waals surface area contributed by atoms with Gasteiger partial charge in [-0.3, -0.25) is 9.69 Å². The molecule has 0 aliphatic carbocycles. The van der Waals surface area contributed by atoms with Crippen LogP contribution < -0.4 is 0 Å². The van der Waals surface area contributed by atoms with Crippen molar-refractivity contribution in [3.05, 3.63) is 35.4 Å². The van der Waals surface area contributed by atoms with Crippen LogP contribution in [0.4, 0.5) is 0 Å². The van der Waals surface area contributed by atoms with Gasteiger partial charge in [0.1, 0.15) is 0 Å². The minimum Gasteiger partial charge on any atom is -0.396 e. The van der Waals surface area contributed by atoms with Gasteiger partial charge >= 0.3 is 0 Å². The summed E-state index contributed by atoms with van der Waals surface area (Å²) < 4.78 is 0. The quantitative estimate of drug-likeness (QED) is 0.827. The highest BCUT2D eigenvalue weighted by Crippen LogP contribution is 2.19. The van der Waals surface area contributed by atoms with Crippen molar-refractivity contribution in [3.63, 3.8) is 0 Å². The van der Waals surface area contributed by atoms with Gasteiger partial charge in [0, 0.05) is 18.7 Å². The summed E-state index contributed by atoms with van der Waals surface area (Å²) in [7, 11) is 0. The third-order valence-electron chi connectivity index (χ3n) is 3.88. The van der Waals surface area contributed by atoms with Crippen LogP contribution in [0.2, 0.25) is 0 Å². The van der Waals surface area contributed by atoms with Crippen LogP contribution in [0.3, 0.4) is 0 Å². The maximum Gasteiger partial charge on any atom is 0.176 e. The number of piperidine rings is 1. The molecule has 3 nitrogen and oxygen atoms in total. The van der Waals surface area contributed by atoms with Gasteiger partial charge in [-0.1, -0.05) is 29.8 Å². The van der Waals surface area contributed by atoms with Crippen LogP contribution in [0, 0.1) is 12.8 Å². The van der Waals surface area contributed by atoms with E-state index < -0.39 is 0 Å². The van der Waals surface area contributed by atoms with E-state index in [1.165, 1.54) is 12.0 Å². The lowest BCUT2D eigenvalue weighted by Gasteiger charge is -2.31. The Bertz CT molecular complexity index is 411. The van der Waals surface area contributed by atoms with Crippen molar-refractivity contribution in [2.75, 3.05) is 26.2 Å². The Hall–Kier alpha value is -1.19. The highest BCUT2D eigenvalue weighted by Gasteiger charge is 2.21. The lowest BCUT2D eigenvalue weighted by Crippen LogP contribution is -2.39. The molecule has 3 heteroatoms. The Balaban J connectivity index is 1.89. The summed E-state index contributed by atoms with van der Waals surface area (Å²) in [5.41, 5.74) is 1.98. The van der Waals surface area contributed by atoms with E-state index in [1.807, 2.05) is 31.2 Å². The number of aliphatic hydroxyl groups excluding tert-OH is 1. The number of ketones is 1. The highest BCUT2D eigenvalue weighted by atomic mass is 16.3. The number of aliphatic hydroxyl groups is 1. The summed E-state index contributed by atoms with van der Waals surface area (Å²) in [6, 6.07) is 7.79. The zero-order valence-electron chi connectivity index (χ0n) is 11.6. The molecule has 1 saturated heterocycles. The zero-order valence-corrected chi connectivity index (χ0v) is 11.6. The number of hydrogen-bond acceptors (Lipinski definition) is 3. The van der Waals surface area contributed by atoms with Crippen molar-refractivity contribution in [1.29, 1.82) is 0 Å². The number of aryl methyl sites for hydroxylation is 1. The van der Waals surface area contributed by atoms with Crippen molar-refractivity contribution in [1.82, 2.24) is 4.90 Å². The topological polar surface area (TPSA) is 40.5 Å². The van der Waals surface area contributed by atoms with Crippen molar-refractivity contribution in [3.8, 4) is 0 Å². The second kappa shape index (κ2) is 6.83. The maximum atomic E-state index is 12.2. The Morgan fingerprint density at radius 1 is 1.37 bits per heavy atom. The van der Waals surface area contributed by atoms with Crippen LogP contribution >= 0.6 is 0 Å². The highest BCUT2D eigenvalue weighted by molar-refractivity contribution is 5.97. The second-order valence-electron chi connectivity index (χ2n) is 5.54. The number of rotatable bonds is 5. The van der Waals surface area contributed by atoms with Crippen LogP contribution in [0.5, 0.6) is 0 Å². The normalized spacial score (nSPS) is 20.4. The van der Waals surface area contributed by atoms with Gasteiger partial charge in [0.05, 0.1) is 6.54 Å². The molecule has 1 heterocycles. The van der Waals surface area contributed by atoms with E-state index in [0.717, 1.165) is 31.5 Å². The van der Waals surface area contributed by atoms with Crippen LogP contribution in [0.15, 0.2) is 24.3 Å². The second-order valence-corrected chi connectivity index (χ2v) is 5.54. The summed E-state index contributed by atoms with van der Waals surface area (Å²) in [6.45, 7) is 4.73. The number of carbonyl (C=O) groups excluding carboxylic acids is 1. The third-order valence-corrected chi connectivity index (χ3v) is 3.88. The smallest absolute Gasteiger partial charge is 0.176 e. The minimum atomic E-state index is 0.199. The molecular weight excluding hydrogens is 238 g/mol. The van der Waals surface area contributed by atoms with Crippen LogP contribution in [-0.2, 0) is 0 Å². The fourth-order valence-corrected chi connectivity index (χ4v) is 2.75. The largest absolute Gasteiger partial charge is 0.396 e. The average Bonchev–Trinajstić information content (AvgIpc) is 2.40. The molecule has 0 radical (unpaired) electrons. The molecule has 1 aromatic carbocycles. The van der Waals surface area contributed by atoms with Crippen LogP contribution in [-0.4, -0.2) is 42.0 Å². The molecule has 2 rings (SSSR count). The Labute approximate surface area is 115 Å². The van der Waals surface area contributed by atoms with Gasteiger partial charge in [0.2, 0.25) is 0 Å². The molecule has 1 fully saturated rings. The Morgan fingerprint density at radius 2 is 2.11 bits per heavy atom. The van der Waals surface area contributed by atoms with E-state index in [1.54, 1.807) is 0 Å². The molecule has 1 aliphatic heterocycles. The summed E-state index contributed by atoms with van der Waals surface area (Å²) >= 11 is 0. The average molecular weight is 261 g/mol. The molecule has 0 spiro atoms. The number of benzene rings is 1. The number of nitrogens with zero attached hydrogens (tertiary/aromatic N) is 1. The number of Topliss-reactive ketones (excluding diaryl/α,β-unsaturated/α-hetero) is 1. The predicted octanol–water partition coefficient (Wildman–Crippen LogP) is 2.27. The molecule has 0 amide bonds. The van der Waals surface area contributed by atoms with E-state index in [9.17, 15) is 4.79 Å². The van der Waals surface area contributed by atoms with Gasteiger partial charge in [0.25, 0.3) is 0 Å². The molecule has 0 saturated carbocycles. The van der Waals surface area contributed by atoms with E-state index >= 15 is 0 Å². The molecule has 1 unspecified atom stereocenters. The van der Waals surface area contributed by atoms with Crippen molar-refractivity contribution >= 4 is 5.78 Å². The van der Waals surface area contributed by atoms with E-state index in [2.05, 4.69) is 4.90 Å². The summed E-state index contributed by atoms with van der Waals surface area (Å²) in [5.74, 6) is 0.745. The summed E-state index contributed by atoms with van der Waals surface area (Å²) in [5, 5.41) is 9.01. The number of carbonyl (C=O) groups is 1. The molecule has 0 aromatic heterocycles. The molecule has 104 valence electrons. The van der Waals surface area contributed by atoms with E-state index in [0.29, 0.717) is 12.5 Å². The van der Waals surface area contributed by atoms with Gasteiger partial charge in [-0.05, 0) is 38.6 Å². The Morgan fingerprint density at radius 3 is 2.79 bits per heavy atom.